The number of ether oxygens (including phenoxy) is 1. The predicted octanol–water partition coefficient (Wildman–Crippen LogP) is 0.541. The number of rotatable bonds is 5. The summed E-state index contributed by atoms with van der Waals surface area (Å²) in [7, 11) is 0. The van der Waals surface area contributed by atoms with Crippen LogP contribution >= 0.6 is 0 Å². The highest BCUT2D eigenvalue weighted by atomic mass is 16.6. The zero-order valence-electron chi connectivity index (χ0n) is 10.5. The molecule has 0 unspecified atom stereocenters. The minimum atomic E-state index is -0.752. The van der Waals surface area contributed by atoms with E-state index in [9.17, 15) is 15.2 Å². The van der Waals surface area contributed by atoms with Crippen LogP contribution in [0.25, 0.3) is 0 Å². The fourth-order valence-electron chi connectivity index (χ4n) is 1.47. The molecule has 0 spiro atoms. The topological polar surface area (TPSA) is 118 Å². The second kappa shape index (κ2) is 5.78. The quantitative estimate of drug-likeness (QED) is 0.446. The third kappa shape index (κ3) is 2.88. The molecule has 0 atom stereocenters. The van der Waals surface area contributed by atoms with Gasteiger partial charge in [-0.25, -0.2) is 4.68 Å². The van der Waals surface area contributed by atoms with Crippen LogP contribution in [0.1, 0.15) is 12.5 Å². The molecule has 2 rings (SSSR count). The number of hydrogen-bond donors (Lipinski definition) is 0. The molecule has 0 amide bonds. The van der Waals surface area contributed by atoms with Crippen molar-refractivity contribution in [3.05, 3.63) is 40.5 Å². The normalized spacial score (nSPS) is 10.8. The van der Waals surface area contributed by atoms with Crippen LogP contribution in [-0.2, 0) is 0 Å². The maximum atomic E-state index is 11.7. The van der Waals surface area contributed by atoms with E-state index < -0.39 is 16.4 Å². The van der Waals surface area contributed by atoms with Crippen LogP contribution in [0.15, 0.2) is 29.9 Å². The predicted molar refractivity (Wildman–Crippen MR) is 66.7 cm³/mol. The Morgan fingerprint density at radius 2 is 2.15 bits per heavy atom. The van der Waals surface area contributed by atoms with E-state index in [1.54, 1.807) is 6.92 Å². The summed E-state index contributed by atoms with van der Waals surface area (Å²) >= 11 is 0. The number of nitro benzene ring substituents is 1. The molecule has 0 saturated heterocycles. The van der Waals surface area contributed by atoms with Crippen molar-refractivity contribution in [3.63, 3.8) is 0 Å². The van der Waals surface area contributed by atoms with Crippen LogP contribution < -0.4 is 9.84 Å². The molecule has 9 heteroatoms. The van der Waals surface area contributed by atoms with E-state index in [4.69, 9.17) is 4.74 Å². The van der Waals surface area contributed by atoms with Crippen molar-refractivity contribution < 1.29 is 14.8 Å². The number of nitro groups is 1. The Labute approximate surface area is 113 Å². The molecule has 0 saturated carbocycles. The third-order valence-corrected chi connectivity index (χ3v) is 2.30. The zero-order chi connectivity index (χ0) is 14.5. The van der Waals surface area contributed by atoms with Gasteiger partial charge in [0.25, 0.3) is 5.69 Å². The van der Waals surface area contributed by atoms with Crippen LogP contribution in [0.4, 0.5) is 5.69 Å². The molecule has 104 valence electrons. The van der Waals surface area contributed by atoms with Gasteiger partial charge in [0.2, 0.25) is 0 Å². The van der Waals surface area contributed by atoms with Gasteiger partial charge in [0.15, 0.2) is 0 Å². The van der Waals surface area contributed by atoms with Crippen molar-refractivity contribution in [2.24, 2.45) is 5.10 Å². The first kappa shape index (κ1) is 13.5. The molecule has 1 aromatic heterocycles. The second-order valence-electron chi connectivity index (χ2n) is 3.64. The van der Waals surface area contributed by atoms with Crippen LogP contribution in [-0.4, -0.2) is 32.6 Å². The van der Waals surface area contributed by atoms with E-state index in [0.717, 1.165) is 6.07 Å². The molecule has 20 heavy (non-hydrogen) atoms. The van der Waals surface area contributed by atoms with Gasteiger partial charge in [-0.05, 0) is 13.0 Å². The van der Waals surface area contributed by atoms with Crippen molar-refractivity contribution in [3.8, 4) is 11.5 Å². The fraction of sp³-hybridized carbons (Fsp3) is 0.182. The highest BCUT2D eigenvalue weighted by Crippen LogP contribution is 2.34. The summed E-state index contributed by atoms with van der Waals surface area (Å²) in [6.45, 7) is 1.92. The van der Waals surface area contributed by atoms with E-state index in [0.29, 0.717) is 5.56 Å². The Hall–Kier alpha value is -2.97. The number of aromatic nitrogens is 3. The van der Waals surface area contributed by atoms with E-state index in [1.165, 1.54) is 29.6 Å². The second-order valence-corrected chi connectivity index (χ2v) is 3.64. The molecule has 0 aliphatic rings. The molecule has 0 radical (unpaired) electrons. The summed E-state index contributed by atoms with van der Waals surface area (Å²) in [5.41, 5.74) is -0.186. The molecule has 2 aromatic rings. The molecule has 9 nitrogen and oxygen atoms in total. The SMILES string of the molecule is CCOc1cc(/C=N\n2cnnc2)cc([N+](=O)[O-])c1[O-]. The van der Waals surface area contributed by atoms with Crippen molar-refractivity contribution in [2.75, 3.05) is 6.61 Å². The Kier molecular flexibility index (Phi) is 3.89. The van der Waals surface area contributed by atoms with Gasteiger partial charge in [-0.1, -0.05) is 0 Å². The summed E-state index contributed by atoms with van der Waals surface area (Å²) in [6.07, 6.45) is 4.06. The monoisotopic (exact) mass is 276 g/mol. The van der Waals surface area contributed by atoms with Gasteiger partial charge in [-0.3, -0.25) is 10.1 Å². The highest BCUT2D eigenvalue weighted by molar-refractivity contribution is 5.82. The largest absolute Gasteiger partial charge is 0.865 e. The van der Waals surface area contributed by atoms with Gasteiger partial charge in [-0.15, -0.1) is 10.2 Å². The van der Waals surface area contributed by atoms with Crippen LogP contribution in [0.2, 0.25) is 0 Å². The number of nitrogens with zero attached hydrogens (tertiary/aromatic N) is 5. The lowest BCUT2D eigenvalue weighted by molar-refractivity contribution is -0.398. The van der Waals surface area contributed by atoms with Gasteiger partial charge in [0.1, 0.15) is 18.4 Å². The smallest absolute Gasteiger partial charge is 0.266 e. The average molecular weight is 276 g/mol. The average Bonchev–Trinajstić information content (AvgIpc) is 2.92. The van der Waals surface area contributed by atoms with Gasteiger partial charge < -0.3 is 9.84 Å². The van der Waals surface area contributed by atoms with E-state index in [-0.39, 0.29) is 12.4 Å². The summed E-state index contributed by atoms with van der Waals surface area (Å²) in [5.74, 6) is -0.829. The number of benzene rings is 1. The molecule has 0 fully saturated rings. The minimum Gasteiger partial charge on any atom is -0.865 e. The molecule has 1 heterocycles. The lowest BCUT2D eigenvalue weighted by atomic mass is 10.2. The first-order valence-electron chi connectivity index (χ1n) is 5.63. The first-order valence-corrected chi connectivity index (χ1v) is 5.63. The first-order chi connectivity index (χ1) is 9.61. The Bertz CT molecular complexity index is 639. The van der Waals surface area contributed by atoms with Gasteiger partial charge in [0.05, 0.1) is 17.7 Å². The maximum absolute atomic E-state index is 11.7. The van der Waals surface area contributed by atoms with E-state index >= 15 is 0 Å². The fourth-order valence-corrected chi connectivity index (χ4v) is 1.47. The van der Waals surface area contributed by atoms with Crippen LogP contribution in [0.3, 0.4) is 0 Å². The van der Waals surface area contributed by atoms with Gasteiger partial charge in [0, 0.05) is 17.4 Å². The van der Waals surface area contributed by atoms with E-state index in [1.807, 2.05) is 0 Å². The van der Waals surface area contributed by atoms with Crippen molar-refractivity contribution in [2.45, 2.75) is 6.92 Å². The molecule has 0 aliphatic carbocycles. The third-order valence-electron chi connectivity index (χ3n) is 2.30. The van der Waals surface area contributed by atoms with E-state index in [2.05, 4.69) is 15.3 Å². The maximum Gasteiger partial charge on any atom is 0.266 e. The molecule has 0 aliphatic heterocycles. The lowest BCUT2D eigenvalue weighted by Crippen LogP contribution is -2.04. The molecular formula is C11H10N5O4-. The molecule has 0 N–H and O–H groups in total. The highest BCUT2D eigenvalue weighted by Gasteiger charge is 2.13. The molecular weight excluding hydrogens is 266 g/mol. The Morgan fingerprint density at radius 1 is 1.45 bits per heavy atom. The van der Waals surface area contributed by atoms with Crippen molar-refractivity contribution in [1.29, 1.82) is 0 Å². The van der Waals surface area contributed by atoms with Crippen molar-refractivity contribution in [1.82, 2.24) is 14.9 Å². The van der Waals surface area contributed by atoms with Crippen molar-refractivity contribution >= 4 is 11.9 Å². The standard InChI is InChI=1S/C11H11N5O4/c1-2-20-10-4-8(3-9(11(10)17)16(18)19)5-14-15-6-12-13-7-15/h3-7,17H,2H2,1H3/p-1/b14-5-. The lowest BCUT2D eigenvalue weighted by Gasteiger charge is -2.14. The van der Waals surface area contributed by atoms with Crippen LogP contribution in [0, 0.1) is 10.1 Å². The Morgan fingerprint density at radius 3 is 2.75 bits per heavy atom. The summed E-state index contributed by atoms with van der Waals surface area (Å²) < 4.78 is 6.41. The summed E-state index contributed by atoms with van der Waals surface area (Å²) in [6, 6.07) is 2.53. The molecule has 1 aromatic carbocycles. The minimum absolute atomic E-state index is 0.0769. The van der Waals surface area contributed by atoms with Crippen LogP contribution in [0.5, 0.6) is 11.5 Å². The zero-order valence-corrected chi connectivity index (χ0v) is 10.5. The van der Waals surface area contributed by atoms with Gasteiger partial charge in [-0.2, -0.15) is 5.10 Å². The summed E-state index contributed by atoms with van der Waals surface area (Å²) in [4.78, 5) is 10.1. The number of hydrogen-bond acceptors (Lipinski definition) is 7. The van der Waals surface area contributed by atoms with Gasteiger partial charge >= 0.3 is 0 Å². The molecule has 0 bridgehead atoms. The Balaban J connectivity index is 2.40. The summed E-state index contributed by atoms with van der Waals surface area (Å²) in [5, 5.41) is 33.7.